The fourth-order valence-corrected chi connectivity index (χ4v) is 2.98. The van der Waals surface area contributed by atoms with Crippen LogP contribution < -0.4 is 0 Å². The van der Waals surface area contributed by atoms with Crippen LogP contribution in [0.3, 0.4) is 0 Å². The van der Waals surface area contributed by atoms with Gasteiger partial charge in [-0.25, -0.2) is 4.79 Å². The van der Waals surface area contributed by atoms with E-state index >= 15 is 0 Å². The number of benzene rings is 1. The molecule has 1 aliphatic rings. The van der Waals surface area contributed by atoms with Crippen molar-refractivity contribution in [1.29, 1.82) is 0 Å². The lowest BCUT2D eigenvalue weighted by molar-refractivity contribution is 0.0696. The summed E-state index contributed by atoms with van der Waals surface area (Å²) in [7, 11) is 0. The van der Waals surface area contributed by atoms with Crippen molar-refractivity contribution in [2.75, 3.05) is 6.54 Å². The van der Waals surface area contributed by atoms with Crippen LogP contribution in [-0.2, 0) is 0 Å². The minimum absolute atomic E-state index is 0.0729. The summed E-state index contributed by atoms with van der Waals surface area (Å²) in [4.78, 5) is 25.7. The molecule has 0 spiro atoms. The number of hydrogen-bond acceptors (Lipinski definition) is 3. The third-order valence-electron chi connectivity index (χ3n) is 3.96. The summed E-state index contributed by atoms with van der Waals surface area (Å²) in [5, 5.41) is 9.14. The molecule has 22 heavy (non-hydrogen) atoms. The zero-order valence-electron chi connectivity index (χ0n) is 12.3. The molecule has 1 fully saturated rings. The predicted octanol–water partition coefficient (Wildman–Crippen LogP) is 3.26. The molecular formula is C17H17NO4. The number of aryl methyl sites for hydroxylation is 1. The van der Waals surface area contributed by atoms with Crippen LogP contribution in [0.2, 0.25) is 0 Å². The van der Waals surface area contributed by atoms with Gasteiger partial charge in [-0.15, -0.1) is 0 Å². The molecule has 1 aromatic heterocycles. The number of carboxylic acid groups (broad SMARTS) is 1. The quantitative estimate of drug-likeness (QED) is 0.944. The van der Waals surface area contributed by atoms with Gasteiger partial charge in [-0.3, -0.25) is 4.79 Å². The molecule has 3 rings (SSSR count). The highest BCUT2D eigenvalue weighted by Crippen LogP contribution is 2.33. The lowest BCUT2D eigenvalue weighted by Gasteiger charge is -2.23. The van der Waals surface area contributed by atoms with Crippen molar-refractivity contribution >= 4 is 11.9 Å². The Morgan fingerprint density at radius 3 is 2.73 bits per heavy atom. The summed E-state index contributed by atoms with van der Waals surface area (Å²) in [6, 6.07) is 8.34. The molecule has 1 atom stereocenters. The molecule has 5 nitrogen and oxygen atoms in total. The summed E-state index contributed by atoms with van der Waals surface area (Å²) >= 11 is 0. The molecule has 0 bridgehead atoms. The van der Waals surface area contributed by atoms with Crippen LogP contribution in [0.15, 0.2) is 41.0 Å². The first-order chi connectivity index (χ1) is 10.6. The minimum Gasteiger partial charge on any atom is -0.478 e. The molecule has 1 unspecified atom stereocenters. The Morgan fingerprint density at radius 2 is 2.05 bits per heavy atom. The number of hydrogen-bond donors (Lipinski definition) is 1. The number of furan rings is 1. The number of amides is 1. The van der Waals surface area contributed by atoms with Gasteiger partial charge in [0, 0.05) is 12.1 Å². The number of carbonyl (C=O) groups is 2. The summed E-state index contributed by atoms with van der Waals surface area (Å²) in [5.74, 6) is -0.399. The summed E-state index contributed by atoms with van der Waals surface area (Å²) in [6.07, 6.45) is 3.37. The zero-order valence-corrected chi connectivity index (χ0v) is 12.3. The molecule has 2 heterocycles. The molecule has 2 aromatic rings. The van der Waals surface area contributed by atoms with E-state index in [-0.39, 0.29) is 17.5 Å². The molecule has 1 N–H and O–H groups in total. The Morgan fingerprint density at radius 1 is 1.27 bits per heavy atom. The third kappa shape index (κ3) is 2.62. The van der Waals surface area contributed by atoms with Crippen LogP contribution in [0.25, 0.3) is 0 Å². The second-order valence-corrected chi connectivity index (χ2v) is 5.56. The monoisotopic (exact) mass is 299 g/mol. The summed E-state index contributed by atoms with van der Waals surface area (Å²) in [6.45, 7) is 2.44. The number of rotatable bonds is 3. The van der Waals surface area contributed by atoms with Gasteiger partial charge in [-0.05, 0) is 55.7 Å². The van der Waals surface area contributed by atoms with Crippen molar-refractivity contribution in [1.82, 2.24) is 4.90 Å². The average Bonchev–Trinajstić information content (AvgIpc) is 3.16. The van der Waals surface area contributed by atoms with Crippen LogP contribution in [0, 0.1) is 6.92 Å². The molecule has 114 valence electrons. The van der Waals surface area contributed by atoms with Gasteiger partial charge in [-0.1, -0.05) is 0 Å². The fourth-order valence-electron chi connectivity index (χ4n) is 2.98. The van der Waals surface area contributed by atoms with E-state index < -0.39 is 5.97 Å². The molecule has 1 aromatic carbocycles. The maximum Gasteiger partial charge on any atom is 0.335 e. The van der Waals surface area contributed by atoms with E-state index in [9.17, 15) is 9.59 Å². The van der Waals surface area contributed by atoms with Gasteiger partial charge in [0.2, 0.25) is 0 Å². The normalized spacial score (nSPS) is 17.7. The SMILES string of the molecule is Cc1cc(C(=O)O)cc(C(=O)N2CCCC2c2ccco2)c1. The fraction of sp³-hybridized carbons (Fsp3) is 0.294. The first-order valence-corrected chi connectivity index (χ1v) is 7.25. The predicted molar refractivity (Wildman–Crippen MR) is 79.9 cm³/mol. The standard InChI is InChI=1S/C17H17NO4/c1-11-8-12(10-13(9-11)17(20)21)16(19)18-6-2-4-14(18)15-5-3-7-22-15/h3,5,7-10,14H,2,4,6H2,1H3,(H,20,21). The van der Waals surface area contributed by atoms with Crippen LogP contribution in [0.4, 0.5) is 0 Å². The Balaban J connectivity index is 1.92. The largest absolute Gasteiger partial charge is 0.478 e. The van der Waals surface area contributed by atoms with Gasteiger partial charge in [0.05, 0.1) is 17.9 Å². The summed E-state index contributed by atoms with van der Waals surface area (Å²) < 4.78 is 5.43. The van der Waals surface area contributed by atoms with Gasteiger partial charge in [-0.2, -0.15) is 0 Å². The van der Waals surface area contributed by atoms with Crippen molar-refractivity contribution < 1.29 is 19.1 Å². The molecule has 0 aliphatic carbocycles. The first kappa shape index (κ1) is 14.4. The molecule has 1 amide bonds. The molecule has 1 saturated heterocycles. The highest BCUT2D eigenvalue weighted by Gasteiger charge is 2.32. The van der Waals surface area contributed by atoms with Crippen LogP contribution in [-0.4, -0.2) is 28.4 Å². The van der Waals surface area contributed by atoms with Gasteiger partial charge in [0.25, 0.3) is 5.91 Å². The number of nitrogens with zero attached hydrogens (tertiary/aromatic N) is 1. The number of carboxylic acids is 1. The van der Waals surface area contributed by atoms with E-state index in [2.05, 4.69) is 0 Å². The lowest BCUT2D eigenvalue weighted by Crippen LogP contribution is -2.30. The molecular weight excluding hydrogens is 282 g/mol. The number of aromatic carboxylic acids is 1. The molecule has 1 aliphatic heterocycles. The lowest BCUT2D eigenvalue weighted by atomic mass is 10.0. The van der Waals surface area contributed by atoms with E-state index in [1.54, 1.807) is 30.2 Å². The van der Waals surface area contributed by atoms with E-state index in [4.69, 9.17) is 9.52 Å². The highest BCUT2D eigenvalue weighted by molar-refractivity contribution is 5.98. The van der Waals surface area contributed by atoms with Crippen LogP contribution in [0.1, 0.15) is 50.9 Å². The van der Waals surface area contributed by atoms with E-state index in [1.165, 1.54) is 6.07 Å². The van der Waals surface area contributed by atoms with Gasteiger partial charge >= 0.3 is 5.97 Å². The Labute approximate surface area is 128 Å². The number of carbonyl (C=O) groups excluding carboxylic acids is 1. The third-order valence-corrected chi connectivity index (χ3v) is 3.96. The van der Waals surface area contributed by atoms with Gasteiger partial charge in [0.1, 0.15) is 5.76 Å². The maximum absolute atomic E-state index is 12.8. The van der Waals surface area contributed by atoms with E-state index in [0.717, 1.165) is 24.2 Å². The van der Waals surface area contributed by atoms with E-state index in [1.807, 2.05) is 12.1 Å². The first-order valence-electron chi connectivity index (χ1n) is 7.25. The van der Waals surface area contributed by atoms with Crippen LogP contribution >= 0.6 is 0 Å². The smallest absolute Gasteiger partial charge is 0.335 e. The highest BCUT2D eigenvalue weighted by atomic mass is 16.4. The number of likely N-dealkylation sites (tertiary alicyclic amines) is 1. The van der Waals surface area contributed by atoms with Gasteiger partial charge in [0.15, 0.2) is 0 Å². The Kier molecular flexibility index (Phi) is 3.71. The molecule has 5 heteroatoms. The van der Waals surface area contributed by atoms with Crippen molar-refractivity contribution in [2.45, 2.75) is 25.8 Å². The average molecular weight is 299 g/mol. The second kappa shape index (κ2) is 5.67. The maximum atomic E-state index is 12.8. The minimum atomic E-state index is -1.03. The summed E-state index contributed by atoms with van der Waals surface area (Å²) in [5.41, 5.74) is 1.31. The zero-order chi connectivity index (χ0) is 15.7. The topological polar surface area (TPSA) is 70.8 Å². The van der Waals surface area contributed by atoms with E-state index in [0.29, 0.717) is 12.1 Å². The Hall–Kier alpha value is -2.56. The van der Waals surface area contributed by atoms with Crippen molar-refractivity contribution in [3.8, 4) is 0 Å². The van der Waals surface area contributed by atoms with Crippen molar-refractivity contribution in [3.63, 3.8) is 0 Å². The van der Waals surface area contributed by atoms with Crippen LogP contribution in [0.5, 0.6) is 0 Å². The van der Waals surface area contributed by atoms with Crippen molar-refractivity contribution in [3.05, 3.63) is 59.0 Å². The molecule has 0 saturated carbocycles. The second-order valence-electron chi connectivity index (χ2n) is 5.56. The molecule has 0 radical (unpaired) electrons. The van der Waals surface area contributed by atoms with Gasteiger partial charge < -0.3 is 14.4 Å². The van der Waals surface area contributed by atoms with Crippen molar-refractivity contribution in [2.24, 2.45) is 0 Å². The Bertz CT molecular complexity index is 705.